The van der Waals surface area contributed by atoms with Crippen LogP contribution in [0.15, 0.2) is 54.6 Å². The van der Waals surface area contributed by atoms with Crippen LogP contribution in [0.2, 0.25) is 0 Å². The molecule has 0 amide bonds. The van der Waals surface area contributed by atoms with Gasteiger partial charge in [0.15, 0.2) is 0 Å². The lowest BCUT2D eigenvalue weighted by Crippen LogP contribution is -2.42. The minimum Gasteiger partial charge on any atom is -0.490 e. The van der Waals surface area contributed by atoms with E-state index in [2.05, 4.69) is 36.2 Å². The van der Waals surface area contributed by atoms with Crippen LogP contribution in [0.5, 0.6) is 5.75 Å². The highest BCUT2D eigenvalue weighted by molar-refractivity contribution is 5.26. The summed E-state index contributed by atoms with van der Waals surface area (Å²) in [7, 11) is 2.14. The fourth-order valence-corrected chi connectivity index (χ4v) is 2.94. The maximum Gasteiger partial charge on any atom is 0.123 e. The smallest absolute Gasteiger partial charge is 0.123 e. The number of likely N-dealkylation sites (tertiary alicyclic amines) is 1. The van der Waals surface area contributed by atoms with Gasteiger partial charge in [-0.25, -0.2) is 4.39 Å². The number of likely N-dealkylation sites (N-methyl/N-ethyl adjacent to an activating group) is 1. The van der Waals surface area contributed by atoms with Crippen LogP contribution in [0, 0.1) is 5.82 Å². The number of benzene rings is 2. The van der Waals surface area contributed by atoms with Crippen LogP contribution in [0.3, 0.4) is 0 Å². The maximum atomic E-state index is 13.0. The van der Waals surface area contributed by atoms with Crippen molar-refractivity contribution in [1.82, 2.24) is 4.90 Å². The average molecular weight is 285 g/mol. The lowest BCUT2D eigenvalue weighted by atomic mass is 9.88. The molecule has 2 aromatic carbocycles. The standard InChI is InChI=1S/C18H20FNO/c1-20-12-11-18(21-16-9-7-15(19)8-10-16)17(13-20)14-5-3-2-4-6-14/h2-10,17-18H,11-13H2,1H3/t17-,18-/m0/s1. The minimum absolute atomic E-state index is 0.133. The van der Waals surface area contributed by atoms with Gasteiger partial charge in [-0.05, 0) is 43.3 Å². The monoisotopic (exact) mass is 285 g/mol. The van der Waals surface area contributed by atoms with Gasteiger partial charge in [0.25, 0.3) is 0 Å². The Labute approximate surface area is 125 Å². The van der Waals surface area contributed by atoms with E-state index in [9.17, 15) is 4.39 Å². The molecule has 1 aliphatic rings. The van der Waals surface area contributed by atoms with Gasteiger partial charge in [0, 0.05) is 19.0 Å². The van der Waals surface area contributed by atoms with E-state index in [1.807, 2.05) is 6.07 Å². The van der Waals surface area contributed by atoms with Crippen molar-refractivity contribution < 1.29 is 9.13 Å². The van der Waals surface area contributed by atoms with E-state index in [-0.39, 0.29) is 11.9 Å². The second-order valence-electron chi connectivity index (χ2n) is 5.68. The van der Waals surface area contributed by atoms with E-state index >= 15 is 0 Å². The first-order valence-electron chi connectivity index (χ1n) is 7.38. The Morgan fingerprint density at radius 2 is 1.76 bits per heavy atom. The Hall–Kier alpha value is -1.87. The summed E-state index contributed by atoms with van der Waals surface area (Å²) < 4.78 is 19.1. The first-order valence-corrected chi connectivity index (χ1v) is 7.38. The molecular formula is C18H20FNO. The van der Waals surface area contributed by atoms with Crippen molar-refractivity contribution in [3.8, 4) is 5.75 Å². The lowest BCUT2D eigenvalue weighted by molar-refractivity contribution is 0.0901. The molecule has 2 nitrogen and oxygen atoms in total. The summed E-state index contributed by atoms with van der Waals surface area (Å²) in [6.07, 6.45) is 1.11. The summed E-state index contributed by atoms with van der Waals surface area (Å²) in [5.41, 5.74) is 1.30. The number of rotatable bonds is 3. The SMILES string of the molecule is CN1CC[C@H](Oc2ccc(F)cc2)[C@H](c2ccccc2)C1. The van der Waals surface area contributed by atoms with E-state index in [4.69, 9.17) is 4.74 Å². The molecule has 0 aliphatic carbocycles. The number of piperidine rings is 1. The largest absolute Gasteiger partial charge is 0.490 e. The molecule has 2 aromatic rings. The van der Waals surface area contributed by atoms with Crippen molar-refractivity contribution in [1.29, 1.82) is 0 Å². The summed E-state index contributed by atoms with van der Waals surface area (Å²) >= 11 is 0. The van der Waals surface area contributed by atoms with Crippen molar-refractivity contribution in [3.05, 3.63) is 66.0 Å². The maximum absolute atomic E-state index is 13.0. The Morgan fingerprint density at radius 3 is 2.48 bits per heavy atom. The average Bonchev–Trinajstić information content (AvgIpc) is 2.52. The Bertz CT molecular complexity index is 570. The quantitative estimate of drug-likeness (QED) is 0.852. The van der Waals surface area contributed by atoms with E-state index in [1.165, 1.54) is 17.7 Å². The molecule has 1 aliphatic heterocycles. The third-order valence-electron chi connectivity index (χ3n) is 4.08. The zero-order valence-electron chi connectivity index (χ0n) is 12.2. The predicted octanol–water partition coefficient (Wildman–Crippen LogP) is 3.69. The zero-order chi connectivity index (χ0) is 14.7. The van der Waals surface area contributed by atoms with Gasteiger partial charge >= 0.3 is 0 Å². The highest BCUT2D eigenvalue weighted by Crippen LogP contribution is 2.30. The topological polar surface area (TPSA) is 12.5 Å². The van der Waals surface area contributed by atoms with Crippen LogP contribution in [0.4, 0.5) is 4.39 Å². The summed E-state index contributed by atoms with van der Waals surface area (Å²) in [6.45, 7) is 2.01. The molecule has 110 valence electrons. The van der Waals surface area contributed by atoms with Crippen molar-refractivity contribution in [2.45, 2.75) is 18.4 Å². The number of ether oxygens (including phenoxy) is 1. The number of nitrogens with zero attached hydrogens (tertiary/aromatic N) is 1. The zero-order valence-corrected chi connectivity index (χ0v) is 12.2. The van der Waals surface area contributed by atoms with Gasteiger partial charge < -0.3 is 9.64 Å². The van der Waals surface area contributed by atoms with Crippen LogP contribution >= 0.6 is 0 Å². The second kappa shape index (κ2) is 6.27. The predicted molar refractivity (Wildman–Crippen MR) is 82.1 cm³/mol. The number of halogens is 1. The highest BCUT2D eigenvalue weighted by Gasteiger charge is 2.30. The fourth-order valence-electron chi connectivity index (χ4n) is 2.94. The molecule has 3 rings (SSSR count). The van der Waals surface area contributed by atoms with E-state index < -0.39 is 0 Å². The van der Waals surface area contributed by atoms with Gasteiger partial charge in [0.1, 0.15) is 17.7 Å². The van der Waals surface area contributed by atoms with Crippen molar-refractivity contribution in [2.24, 2.45) is 0 Å². The molecule has 1 saturated heterocycles. The molecule has 3 heteroatoms. The summed E-state index contributed by atoms with van der Waals surface area (Å²) in [5.74, 6) is 0.854. The van der Waals surface area contributed by atoms with Crippen molar-refractivity contribution in [2.75, 3.05) is 20.1 Å². The Balaban J connectivity index is 1.79. The molecule has 0 saturated carbocycles. The number of hydrogen-bond donors (Lipinski definition) is 0. The van der Waals surface area contributed by atoms with Gasteiger partial charge in [0.2, 0.25) is 0 Å². The van der Waals surface area contributed by atoms with E-state index in [0.29, 0.717) is 5.92 Å². The Kier molecular flexibility index (Phi) is 4.20. The first kappa shape index (κ1) is 14.1. The molecule has 0 unspecified atom stereocenters. The third kappa shape index (κ3) is 3.42. The van der Waals surface area contributed by atoms with Crippen molar-refractivity contribution in [3.63, 3.8) is 0 Å². The second-order valence-corrected chi connectivity index (χ2v) is 5.68. The molecule has 0 spiro atoms. The molecular weight excluding hydrogens is 265 g/mol. The molecule has 0 aromatic heterocycles. The molecule has 2 atom stereocenters. The van der Waals surface area contributed by atoms with Gasteiger partial charge in [0.05, 0.1) is 0 Å². The van der Waals surface area contributed by atoms with Crippen LogP contribution in [-0.4, -0.2) is 31.1 Å². The summed E-state index contributed by atoms with van der Waals surface area (Å²) in [4.78, 5) is 2.34. The molecule has 0 bridgehead atoms. The van der Waals surface area contributed by atoms with Crippen LogP contribution < -0.4 is 4.74 Å². The van der Waals surface area contributed by atoms with Crippen LogP contribution in [0.1, 0.15) is 17.9 Å². The lowest BCUT2D eigenvalue weighted by Gasteiger charge is -2.37. The normalized spacial score (nSPS) is 23.0. The third-order valence-corrected chi connectivity index (χ3v) is 4.08. The molecule has 1 fully saturated rings. The van der Waals surface area contributed by atoms with Crippen LogP contribution in [-0.2, 0) is 0 Å². The first-order chi connectivity index (χ1) is 10.2. The van der Waals surface area contributed by atoms with Gasteiger partial charge in [-0.2, -0.15) is 0 Å². The van der Waals surface area contributed by atoms with E-state index in [1.54, 1.807) is 12.1 Å². The van der Waals surface area contributed by atoms with Gasteiger partial charge in [-0.3, -0.25) is 0 Å². The van der Waals surface area contributed by atoms with E-state index in [0.717, 1.165) is 25.3 Å². The summed E-state index contributed by atoms with van der Waals surface area (Å²) in [6, 6.07) is 16.8. The molecule has 0 radical (unpaired) electrons. The number of hydrogen-bond acceptors (Lipinski definition) is 2. The van der Waals surface area contributed by atoms with Crippen molar-refractivity contribution >= 4 is 0 Å². The Morgan fingerprint density at radius 1 is 1.05 bits per heavy atom. The van der Waals surface area contributed by atoms with Crippen LogP contribution in [0.25, 0.3) is 0 Å². The molecule has 1 heterocycles. The van der Waals surface area contributed by atoms with Gasteiger partial charge in [-0.1, -0.05) is 30.3 Å². The highest BCUT2D eigenvalue weighted by atomic mass is 19.1. The summed E-state index contributed by atoms with van der Waals surface area (Å²) in [5, 5.41) is 0. The minimum atomic E-state index is -0.231. The van der Waals surface area contributed by atoms with Gasteiger partial charge in [-0.15, -0.1) is 0 Å². The fraction of sp³-hybridized carbons (Fsp3) is 0.333. The molecule has 21 heavy (non-hydrogen) atoms. The molecule has 0 N–H and O–H groups in total.